The first-order valence-corrected chi connectivity index (χ1v) is 4.65. The van der Waals surface area contributed by atoms with Gasteiger partial charge in [-0.3, -0.25) is 0 Å². The second-order valence-electron chi connectivity index (χ2n) is 3.77. The van der Waals surface area contributed by atoms with Crippen molar-refractivity contribution in [3.63, 3.8) is 0 Å². The van der Waals surface area contributed by atoms with E-state index in [9.17, 15) is 5.11 Å². The fraction of sp³-hybridized carbons (Fsp3) is 0.455. The molecule has 1 atom stereocenters. The van der Waals surface area contributed by atoms with Crippen molar-refractivity contribution in [3.8, 4) is 0 Å². The summed E-state index contributed by atoms with van der Waals surface area (Å²) in [5.41, 5.74) is 6.29. The summed E-state index contributed by atoms with van der Waals surface area (Å²) in [7, 11) is 0. The molecule has 0 radical (unpaired) electrons. The normalized spacial score (nSPS) is 16.7. The third-order valence-electron chi connectivity index (χ3n) is 2.65. The first-order chi connectivity index (χ1) is 6.62. The molecule has 3 heteroatoms. The molecule has 3 N–H and O–H groups in total. The maximum absolute atomic E-state index is 9.23. The van der Waals surface area contributed by atoms with Crippen LogP contribution < -0.4 is 5.73 Å². The van der Waals surface area contributed by atoms with Crippen molar-refractivity contribution in [2.45, 2.75) is 13.8 Å². The molecule has 1 rings (SSSR count). The van der Waals surface area contributed by atoms with Crippen LogP contribution in [0.25, 0.3) is 6.08 Å². The van der Waals surface area contributed by atoms with Crippen LogP contribution in [-0.2, 0) is 0 Å². The lowest BCUT2D eigenvalue weighted by molar-refractivity contribution is 0.181. The van der Waals surface area contributed by atoms with Gasteiger partial charge in [0.15, 0.2) is 0 Å². The lowest BCUT2D eigenvalue weighted by Crippen LogP contribution is -2.32. The Balaban J connectivity index is 2.87. The van der Waals surface area contributed by atoms with Gasteiger partial charge >= 0.3 is 0 Å². The SMILES string of the molecule is C/C(=C\c1ccco1)C(C)(CN)CO. The molecule has 14 heavy (non-hydrogen) atoms. The molecule has 1 aromatic heterocycles. The number of nitrogens with two attached hydrogens (primary N) is 1. The van der Waals surface area contributed by atoms with Crippen LogP contribution in [0, 0.1) is 5.41 Å². The second-order valence-corrected chi connectivity index (χ2v) is 3.77. The minimum absolute atomic E-state index is 0.0482. The summed E-state index contributed by atoms with van der Waals surface area (Å²) < 4.78 is 5.19. The molecule has 0 spiro atoms. The molecule has 78 valence electrons. The molecule has 0 aromatic carbocycles. The fourth-order valence-electron chi connectivity index (χ4n) is 1.11. The molecule has 0 bridgehead atoms. The smallest absolute Gasteiger partial charge is 0.126 e. The van der Waals surface area contributed by atoms with Crippen LogP contribution in [0.3, 0.4) is 0 Å². The van der Waals surface area contributed by atoms with Gasteiger partial charge in [0.1, 0.15) is 5.76 Å². The largest absolute Gasteiger partial charge is 0.465 e. The monoisotopic (exact) mass is 195 g/mol. The minimum atomic E-state index is -0.354. The summed E-state index contributed by atoms with van der Waals surface area (Å²) in [4.78, 5) is 0. The van der Waals surface area contributed by atoms with Crippen molar-refractivity contribution in [2.75, 3.05) is 13.2 Å². The van der Waals surface area contributed by atoms with E-state index in [0.29, 0.717) is 6.54 Å². The summed E-state index contributed by atoms with van der Waals surface area (Å²) in [6.45, 7) is 4.35. The Morgan fingerprint density at radius 2 is 2.43 bits per heavy atom. The highest BCUT2D eigenvalue weighted by Gasteiger charge is 2.23. The van der Waals surface area contributed by atoms with E-state index in [1.54, 1.807) is 6.26 Å². The number of aliphatic hydroxyl groups is 1. The van der Waals surface area contributed by atoms with E-state index in [0.717, 1.165) is 11.3 Å². The summed E-state index contributed by atoms with van der Waals surface area (Å²) in [5.74, 6) is 0.788. The molecule has 3 nitrogen and oxygen atoms in total. The lowest BCUT2D eigenvalue weighted by atomic mass is 9.83. The number of furan rings is 1. The molecule has 0 aliphatic rings. The highest BCUT2D eigenvalue weighted by Crippen LogP contribution is 2.26. The van der Waals surface area contributed by atoms with Gasteiger partial charge in [0.25, 0.3) is 0 Å². The van der Waals surface area contributed by atoms with Crippen LogP contribution in [0.4, 0.5) is 0 Å². The Kier molecular flexibility index (Phi) is 3.49. The Morgan fingerprint density at radius 1 is 1.71 bits per heavy atom. The standard InChI is InChI=1S/C11H17NO2/c1-9(11(2,7-12)8-13)6-10-4-3-5-14-10/h3-6,13H,7-8,12H2,1-2H3/b9-6+. The van der Waals surface area contributed by atoms with Crippen LogP contribution >= 0.6 is 0 Å². The van der Waals surface area contributed by atoms with Crippen molar-refractivity contribution < 1.29 is 9.52 Å². The van der Waals surface area contributed by atoms with E-state index in [1.807, 2.05) is 32.1 Å². The van der Waals surface area contributed by atoms with Gasteiger partial charge in [0.05, 0.1) is 12.9 Å². The Labute approximate surface area is 84.2 Å². The van der Waals surface area contributed by atoms with Crippen molar-refractivity contribution in [1.82, 2.24) is 0 Å². The molecular formula is C11H17NO2. The highest BCUT2D eigenvalue weighted by atomic mass is 16.3. The third-order valence-corrected chi connectivity index (χ3v) is 2.65. The van der Waals surface area contributed by atoms with Crippen molar-refractivity contribution in [1.29, 1.82) is 0 Å². The van der Waals surface area contributed by atoms with E-state index in [2.05, 4.69) is 0 Å². The van der Waals surface area contributed by atoms with E-state index in [1.165, 1.54) is 0 Å². The van der Waals surface area contributed by atoms with Gasteiger partial charge in [0.2, 0.25) is 0 Å². The molecule has 0 amide bonds. The minimum Gasteiger partial charge on any atom is -0.465 e. The fourth-order valence-corrected chi connectivity index (χ4v) is 1.11. The average molecular weight is 195 g/mol. The van der Waals surface area contributed by atoms with E-state index < -0.39 is 0 Å². The Morgan fingerprint density at radius 3 is 2.86 bits per heavy atom. The molecule has 0 saturated heterocycles. The molecule has 0 aliphatic carbocycles. The predicted octanol–water partition coefficient (Wildman–Crippen LogP) is 1.64. The molecule has 1 aromatic rings. The predicted molar refractivity (Wildman–Crippen MR) is 56.6 cm³/mol. The zero-order valence-corrected chi connectivity index (χ0v) is 8.66. The first-order valence-electron chi connectivity index (χ1n) is 4.65. The molecule has 0 saturated carbocycles. The van der Waals surface area contributed by atoms with E-state index >= 15 is 0 Å². The maximum Gasteiger partial charge on any atom is 0.126 e. The molecular weight excluding hydrogens is 178 g/mol. The van der Waals surface area contributed by atoms with E-state index in [-0.39, 0.29) is 12.0 Å². The van der Waals surface area contributed by atoms with Crippen LogP contribution in [0.15, 0.2) is 28.4 Å². The summed E-state index contributed by atoms with van der Waals surface area (Å²) in [6.07, 6.45) is 3.53. The van der Waals surface area contributed by atoms with Crippen LogP contribution in [0.5, 0.6) is 0 Å². The van der Waals surface area contributed by atoms with Gasteiger partial charge < -0.3 is 15.3 Å². The van der Waals surface area contributed by atoms with E-state index in [4.69, 9.17) is 10.2 Å². The molecule has 1 unspecified atom stereocenters. The van der Waals surface area contributed by atoms with Crippen molar-refractivity contribution in [3.05, 3.63) is 29.7 Å². The zero-order valence-electron chi connectivity index (χ0n) is 8.66. The Hall–Kier alpha value is -1.06. The number of hydrogen-bond acceptors (Lipinski definition) is 3. The second kappa shape index (κ2) is 4.44. The summed E-state index contributed by atoms with van der Waals surface area (Å²) >= 11 is 0. The summed E-state index contributed by atoms with van der Waals surface area (Å²) in [5, 5.41) is 9.23. The van der Waals surface area contributed by atoms with Crippen LogP contribution in [0.1, 0.15) is 19.6 Å². The van der Waals surface area contributed by atoms with Gasteiger partial charge in [-0.1, -0.05) is 12.5 Å². The lowest BCUT2D eigenvalue weighted by Gasteiger charge is -2.26. The van der Waals surface area contributed by atoms with Gasteiger partial charge in [-0.2, -0.15) is 0 Å². The zero-order chi connectivity index (χ0) is 10.6. The first kappa shape index (κ1) is 11.0. The maximum atomic E-state index is 9.23. The average Bonchev–Trinajstić information content (AvgIpc) is 2.69. The number of rotatable bonds is 4. The van der Waals surface area contributed by atoms with Gasteiger partial charge in [-0.15, -0.1) is 0 Å². The number of aliphatic hydroxyl groups excluding tert-OH is 1. The number of hydrogen-bond donors (Lipinski definition) is 2. The van der Waals surface area contributed by atoms with Gasteiger partial charge in [-0.05, 0) is 25.1 Å². The highest BCUT2D eigenvalue weighted by molar-refractivity contribution is 5.48. The topological polar surface area (TPSA) is 59.4 Å². The summed E-state index contributed by atoms with van der Waals surface area (Å²) in [6, 6.07) is 3.70. The molecule has 0 fully saturated rings. The van der Waals surface area contributed by atoms with Gasteiger partial charge in [-0.25, -0.2) is 0 Å². The Bertz CT molecular complexity index is 297. The van der Waals surface area contributed by atoms with Crippen LogP contribution in [-0.4, -0.2) is 18.3 Å². The quantitative estimate of drug-likeness (QED) is 0.767. The van der Waals surface area contributed by atoms with Gasteiger partial charge in [0, 0.05) is 12.0 Å². The molecule has 1 heterocycles. The van der Waals surface area contributed by atoms with Crippen molar-refractivity contribution in [2.24, 2.45) is 11.1 Å². The van der Waals surface area contributed by atoms with Crippen LogP contribution in [0.2, 0.25) is 0 Å². The van der Waals surface area contributed by atoms with Crippen molar-refractivity contribution >= 4 is 6.08 Å². The third kappa shape index (κ3) is 2.25. The molecule has 0 aliphatic heterocycles.